The molecule has 0 spiro atoms. The van der Waals surface area contributed by atoms with Crippen molar-refractivity contribution in [1.29, 1.82) is 0 Å². The lowest BCUT2D eigenvalue weighted by Crippen LogP contribution is -2.17. The zero-order valence-electron chi connectivity index (χ0n) is 11.5. The highest BCUT2D eigenvalue weighted by Gasteiger charge is 2.12. The minimum Gasteiger partial charge on any atom is -0.397 e. The van der Waals surface area contributed by atoms with Gasteiger partial charge in [0, 0.05) is 29.4 Å². The van der Waals surface area contributed by atoms with Gasteiger partial charge in [0.05, 0.1) is 17.8 Å². The van der Waals surface area contributed by atoms with Crippen LogP contribution < -0.4 is 11.1 Å². The molecule has 3 aromatic rings. The molecule has 0 aliphatic heterocycles. The van der Waals surface area contributed by atoms with Crippen molar-refractivity contribution in [3.63, 3.8) is 0 Å². The first-order valence-corrected chi connectivity index (χ1v) is 6.82. The van der Waals surface area contributed by atoms with E-state index in [9.17, 15) is 0 Å². The Balaban J connectivity index is 2.24. The number of anilines is 1. The van der Waals surface area contributed by atoms with Gasteiger partial charge in [0.1, 0.15) is 0 Å². The molecule has 0 aliphatic rings. The van der Waals surface area contributed by atoms with Gasteiger partial charge in [-0.1, -0.05) is 24.3 Å². The monoisotopic (exact) mass is 269 g/mol. The van der Waals surface area contributed by atoms with Crippen LogP contribution in [0.3, 0.4) is 0 Å². The number of nitrogens with one attached hydrogen (secondary N) is 2. The number of benzene rings is 2. The molecule has 0 unspecified atom stereocenters. The Bertz CT molecular complexity index is 761. The molecule has 20 heavy (non-hydrogen) atoms. The number of nitrogens with two attached hydrogens (primary N) is 1. The summed E-state index contributed by atoms with van der Waals surface area (Å²) in [7, 11) is 0. The summed E-state index contributed by atoms with van der Waals surface area (Å²) in [5.41, 5.74) is 11.4. The Morgan fingerprint density at radius 2 is 2.10 bits per heavy atom. The average Bonchev–Trinajstić information content (AvgIpc) is 2.84. The van der Waals surface area contributed by atoms with Crippen LogP contribution in [0.5, 0.6) is 0 Å². The first-order chi connectivity index (χ1) is 9.72. The van der Waals surface area contributed by atoms with Crippen LogP contribution in [-0.2, 0) is 6.54 Å². The summed E-state index contributed by atoms with van der Waals surface area (Å²) in [6, 6.07) is 10.4. The fourth-order valence-corrected chi connectivity index (χ4v) is 2.73. The number of aliphatic hydroxyl groups is 1. The molecular formula is C16H19N3O. The SMILES string of the molecule is Cc1cc(CNCCO)c2c([nH]c3ccccc32)c1N. The Labute approximate surface area is 117 Å². The predicted octanol–water partition coefficient (Wildman–Crippen LogP) is 2.29. The summed E-state index contributed by atoms with van der Waals surface area (Å²) in [4.78, 5) is 3.42. The lowest BCUT2D eigenvalue weighted by atomic mass is 10.0. The lowest BCUT2D eigenvalue weighted by Gasteiger charge is -2.10. The second kappa shape index (κ2) is 5.15. The Kier molecular flexibility index (Phi) is 3.34. The molecule has 1 aromatic heterocycles. The number of aliphatic hydroxyl groups excluding tert-OH is 1. The molecule has 5 N–H and O–H groups in total. The fraction of sp³-hybridized carbons (Fsp3) is 0.250. The van der Waals surface area contributed by atoms with Crippen LogP contribution in [0.15, 0.2) is 30.3 Å². The van der Waals surface area contributed by atoms with Crippen molar-refractivity contribution < 1.29 is 5.11 Å². The van der Waals surface area contributed by atoms with Gasteiger partial charge in [0.25, 0.3) is 0 Å². The van der Waals surface area contributed by atoms with Gasteiger partial charge in [-0.25, -0.2) is 0 Å². The molecule has 104 valence electrons. The number of aryl methyl sites for hydroxylation is 1. The Hall–Kier alpha value is -2.04. The third-order valence-corrected chi connectivity index (χ3v) is 3.72. The molecular weight excluding hydrogens is 250 g/mol. The number of fused-ring (bicyclic) bond motifs is 3. The summed E-state index contributed by atoms with van der Waals surface area (Å²) in [5.74, 6) is 0. The van der Waals surface area contributed by atoms with Gasteiger partial charge >= 0.3 is 0 Å². The van der Waals surface area contributed by atoms with E-state index >= 15 is 0 Å². The third kappa shape index (κ3) is 2.03. The summed E-state index contributed by atoms with van der Waals surface area (Å²) in [5, 5.41) is 14.5. The van der Waals surface area contributed by atoms with Crippen LogP contribution in [0.2, 0.25) is 0 Å². The standard InChI is InChI=1S/C16H19N3O/c1-10-8-11(9-18-6-7-20)14-12-4-2-3-5-13(12)19-16(14)15(10)17/h2-5,8,18-20H,6-7,9,17H2,1H3. The number of H-pyrrole nitrogens is 1. The van der Waals surface area contributed by atoms with Gasteiger partial charge in [-0.3, -0.25) is 0 Å². The quantitative estimate of drug-likeness (QED) is 0.434. The zero-order chi connectivity index (χ0) is 14.1. The molecule has 0 aliphatic carbocycles. The third-order valence-electron chi connectivity index (χ3n) is 3.72. The van der Waals surface area contributed by atoms with Gasteiger partial charge in [-0.2, -0.15) is 0 Å². The maximum absolute atomic E-state index is 8.90. The van der Waals surface area contributed by atoms with Crippen LogP contribution in [0.4, 0.5) is 5.69 Å². The molecule has 0 radical (unpaired) electrons. The van der Waals surface area contributed by atoms with Crippen LogP contribution in [0.25, 0.3) is 21.8 Å². The molecule has 0 atom stereocenters. The number of hydrogen-bond acceptors (Lipinski definition) is 3. The molecule has 0 amide bonds. The predicted molar refractivity (Wildman–Crippen MR) is 83.7 cm³/mol. The van der Waals surface area contributed by atoms with Crippen molar-refractivity contribution >= 4 is 27.5 Å². The molecule has 0 bridgehead atoms. The second-order valence-electron chi connectivity index (χ2n) is 5.09. The van der Waals surface area contributed by atoms with Gasteiger partial charge in [-0.05, 0) is 24.1 Å². The van der Waals surface area contributed by atoms with E-state index in [4.69, 9.17) is 10.8 Å². The average molecular weight is 269 g/mol. The Morgan fingerprint density at radius 3 is 2.90 bits per heavy atom. The maximum Gasteiger partial charge on any atom is 0.0704 e. The highest BCUT2D eigenvalue weighted by Crippen LogP contribution is 2.33. The van der Waals surface area contributed by atoms with E-state index in [2.05, 4.69) is 28.5 Å². The smallest absolute Gasteiger partial charge is 0.0704 e. The highest BCUT2D eigenvalue weighted by atomic mass is 16.3. The van der Waals surface area contributed by atoms with Crippen LogP contribution >= 0.6 is 0 Å². The molecule has 4 nitrogen and oxygen atoms in total. The molecule has 4 heteroatoms. The number of nitrogen functional groups attached to an aromatic ring is 1. The normalized spacial score (nSPS) is 11.5. The Morgan fingerprint density at radius 1 is 1.30 bits per heavy atom. The van der Waals surface area contributed by atoms with E-state index in [0.717, 1.165) is 28.8 Å². The maximum atomic E-state index is 8.90. The van der Waals surface area contributed by atoms with Crippen LogP contribution in [0.1, 0.15) is 11.1 Å². The first kappa shape index (κ1) is 13.0. The minimum atomic E-state index is 0.144. The van der Waals surface area contributed by atoms with Gasteiger partial charge in [0.2, 0.25) is 0 Å². The van der Waals surface area contributed by atoms with Crippen LogP contribution in [0, 0.1) is 6.92 Å². The van der Waals surface area contributed by atoms with Crippen molar-refractivity contribution in [2.24, 2.45) is 0 Å². The topological polar surface area (TPSA) is 74.1 Å². The molecule has 3 rings (SSSR count). The summed E-state index contributed by atoms with van der Waals surface area (Å²) in [6.45, 7) is 3.48. The molecule has 0 saturated heterocycles. The van der Waals surface area contributed by atoms with E-state index in [1.807, 2.05) is 19.1 Å². The zero-order valence-corrected chi connectivity index (χ0v) is 11.5. The summed E-state index contributed by atoms with van der Waals surface area (Å²) >= 11 is 0. The van der Waals surface area contributed by atoms with Crippen molar-refractivity contribution in [3.05, 3.63) is 41.5 Å². The summed E-state index contributed by atoms with van der Waals surface area (Å²) < 4.78 is 0. The van der Waals surface area contributed by atoms with Gasteiger partial charge < -0.3 is 21.1 Å². The second-order valence-corrected chi connectivity index (χ2v) is 5.09. The molecule has 0 fully saturated rings. The lowest BCUT2D eigenvalue weighted by molar-refractivity contribution is 0.292. The van der Waals surface area contributed by atoms with E-state index in [-0.39, 0.29) is 6.61 Å². The van der Waals surface area contributed by atoms with Crippen molar-refractivity contribution in [3.8, 4) is 0 Å². The summed E-state index contributed by atoms with van der Waals surface area (Å²) in [6.07, 6.45) is 0. The minimum absolute atomic E-state index is 0.144. The van der Waals surface area contributed by atoms with E-state index < -0.39 is 0 Å². The highest BCUT2D eigenvalue weighted by molar-refractivity contribution is 6.13. The van der Waals surface area contributed by atoms with E-state index in [1.165, 1.54) is 16.3 Å². The number of para-hydroxylation sites is 1. The van der Waals surface area contributed by atoms with Gasteiger partial charge in [-0.15, -0.1) is 0 Å². The van der Waals surface area contributed by atoms with Crippen molar-refractivity contribution in [2.45, 2.75) is 13.5 Å². The van der Waals surface area contributed by atoms with E-state index in [0.29, 0.717) is 6.54 Å². The first-order valence-electron chi connectivity index (χ1n) is 6.82. The number of rotatable bonds is 4. The van der Waals surface area contributed by atoms with E-state index in [1.54, 1.807) is 0 Å². The number of aromatic nitrogens is 1. The largest absolute Gasteiger partial charge is 0.397 e. The number of hydrogen-bond donors (Lipinski definition) is 4. The fourth-order valence-electron chi connectivity index (χ4n) is 2.73. The van der Waals surface area contributed by atoms with Crippen molar-refractivity contribution in [2.75, 3.05) is 18.9 Å². The molecule has 1 heterocycles. The van der Waals surface area contributed by atoms with Gasteiger partial charge in [0.15, 0.2) is 0 Å². The molecule has 2 aromatic carbocycles. The molecule has 0 saturated carbocycles. The number of aromatic amines is 1. The van der Waals surface area contributed by atoms with Crippen LogP contribution in [-0.4, -0.2) is 23.2 Å². The van der Waals surface area contributed by atoms with Crippen molar-refractivity contribution in [1.82, 2.24) is 10.3 Å².